The average Bonchev–Trinajstić information content (AvgIpc) is 3.60. The zero-order valence-electron chi connectivity index (χ0n) is 29.1. The summed E-state index contributed by atoms with van der Waals surface area (Å²) in [5.74, 6) is 1.15. The zero-order chi connectivity index (χ0) is 34.9. The van der Waals surface area contributed by atoms with Crippen LogP contribution in [0.4, 0.5) is 9.59 Å². The number of carbonyl (C=O) groups is 2. The van der Waals surface area contributed by atoms with Crippen molar-refractivity contribution in [3.8, 4) is 22.9 Å². The molecule has 0 bridgehead atoms. The Morgan fingerprint density at radius 1 is 0.771 bits per heavy atom. The van der Waals surface area contributed by atoms with Crippen molar-refractivity contribution in [2.24, 2.45) is 5.73 Å². The van der Waals surface area contributed by atoms with Crippen LogP contribution in [0.3, 0.4) is 0 Å². The summed E-state index contributed by atoms with van der Waals surface area (Å²) >= 11 is 0. The summed E-state index contributed by atoms with van der Waals surface area (Å²) in [4.78, 5) is 27.5. The van der Waals surface area contributed by atoms with Gasteiger partial charge in [-0.25, -0.2) is 14.2 Å². The Morgan fingerprint density at radius 2 is 1.42 bits per heavy atom. The molecular weight excluding hydrogens is 608 g/mol. The summed E-state index contributed by atoms with van der Waals surface area (Å²) in [6.07, 6.45) is 0.194. The van der Waals surface area contributed by atoms with Crippen LogP contribution in [0.15, 0.2) is 72.8 Å². The summed E-state index contributed by atoms with van der Waals surface area (Å²) in [6, 6.07) is 22.7. The third-order valence-corrected chi connectivity index (χ3v) is 8.06. The second kappa shape index (κ2) is 13.4. The van der Waals surface area contributed by atoms with Gasteiger partial charge in [-0.3, -0.25) is 0 Å². The first kappa shape index (κ1) is 34.5. The van der Waals surface area contributed by atoms with Gasteiger partial charge in [0.15, 0.2) is 0 Å². The van der Waals surface area contributed by atoms with Gasteiger partial charge in [0.1, 0.15) is 40.6 Å². The number of nitrogens with zero attached hydrogens (tertiary/aromatic N) is 3. The molecule has 0 radical (unpaired) electrons. The molecule has 0 atom stereocenters. The first-order valence-corrected chi connectivity index (χ1v) is 16.4. The van der Waals surface area contributed by atoms with Crippen LogP contribution in [0.5, 0.6) is 11.5 Å². The van der Waals surface area contributed by atoms with Gasteiger partial charge in [-0.2, -0.15) is 9.78 Å². The molecule has 0 saturated heterocycles. The Morgan fingerprint density at radius 3 is 2.04 bits per heavy atom. The van der Waals surface area contributed by atoms with Crippen LogP contribution >= 0.6 is 0 Å². The Hall–Kier alpha value is -4.83. The van der Waals surface area contributed by atoms with Gasteiger partial charge in [-0.1, -0.05) is 44.2 Å². The summed E-state index contributed by atoms with van der Waals surface area (Å²) in [5, 5.41) is 6.12. The monoisotopic (exact) mass is 654 g/mol. The van der Waals surface area contributed by atoms with E-state index in [1.54, 1.807) is 32.9 Å². The van der Waals surface area contributed by atoms with Crippen LogP contribution in [0, 0.1) is 0 Å². The largest absolute Gasteiger partial charge is 0.489 e. The van der Waals surface area contributed by atoms with Crippen molar-refractivity contribution in [1.82, 2.24) is 14.3 Å². The predicted octanol–water partition coefficient (Wildman–Crippen LogP) is 8.70. The van der Waals surface area contributed by atoms with E-state index in [0.29, 0.717) is 52.5 Å². The normalized spacial score (nSPS) is 12.4. The summed E-state index contributed by atoms with van der Waals surface area (Å²) < 4.78 is 26.9. The topological polar surface area (TPSA) is 120 Å². The highest BCUT2D eigenvalue weighted by atomic mass is 16.6. The van der Waals surface area contributed by atoms with Gasteiger partial charge >= 0.3 is 12.2 Å². The lowest BCUT2D eigenvalue weighted by Gasteiger charge is -2.31. The number of benzene rings is 3. The Bertz CT molecular complexity index is 1920. The molecule has 10 nitrogen and oxygen atoms in total. The lowest BCUT2D eigenvalue weighted by molar-refractivity contribution is 0.0520. The summed E-state index contributed by atoms with van der Waals surface area (Å²) in [5.41, 5.74) is 6.93. The van der Waals surface area contributed by atoms with Gasteiger partial charge < -0.3 is 24.7 Å². The van der Waals surface area contributed by atoms with Crippen molar-refractivity contribution in [3.05, 3.63) is 78.4 Å². The van der Waals surface area contributed by atoms with Crippen LogP contribution < -0.4 is 15.2 Å². The zero-order valence-corrected chi connectivity index (χ0v) is 29.1. The van der Waals surface area contributed by atoms with E-state index < -0.39 is 29.0 Å². The minimum absolute atomic E-state index is 0.346. The van der Waals surface area contributed by atoms with Crippen molar-refractivity contribution in [2.75, 3.05) is 6.54 Å². The van der Waals surface area contributed by atoms with Crippen molar-refractivity contribution in [2.45, 2.75) is 91.6 Å². The standard InChI is InChI=1S/C38H46N4O6/c1-9-38(10-2,24-39)46-28-17-16-26-20-32(41(31(26)22-28)34(43)47-36(3,4)5)33-29-21-27(45-23-25-14-12-11-13-15-25)18-19-30(29)42(40-33)35(44)48-37(6,7)8/h11-22H,9-10,23-24,39H2,1-8H3. The van der Waals surface area contributed by atoms with Crippen LogP contribution in [-0.4, -0.2) is 49.9 Å². The second-order valence-electron chi connectivity index (χ2n) is 14.0. The Kier molecular flexibility index (Phi) is 9.60. The van der Waals surface area contributed by atoms with Crippen molar-refractivity contribution >= 4 is 34.0 Å². The van der Waals surface area contributed by atoms with Crippen molar-refractivity contribution < 1.29 is 28.5 Å². The molecule has 0 aliphatic carbocycles. The lowest BCUT2D eigenvalue weighted by Crippen LogP contribution is -2.42. The predicted molar refractivity (Wildman–Crippen MR) is 188 cm³/mol. The third-order valence-electron chi connectivity index (χ3n) is 8.06. The fraction of sp³-hybridized carbons (Fsp3) is 0.395. The fourth-order valence-corrected chi connectivity index (χ4v) is 5.46. The highest BCUT2D eigenvalue weighted by Gasteiger charge is 2.30. The Balaban J connectivity index is 1.71. The van der Waals surface area contributed by atoms with Gasteiger partial charge in [0.05, 0.1) is 16.7 Å². The maximum atomic E-state index is 14.0. The van der Waals surface area contributed by atoms with E-state index in [1.807, 2.05) is 95.3 Å². The average molecular weight is 655 g/mol. The quantitative estimate of drug-likeness (QED) is 0.168. The van der Waals surface area contributed by atoms with E-state index in [1.165, 1.54) is 9.25 Å². The van der Waals surface area contributed by atoms with E-state index in [-0.39, 0.29) is 0 Å². The van der Waals surface area contributed by atoms with Crippen LogP contribution in [0.25, 0.3) is 33.2 Å². The third kappa shape index (κ3) is 7.49. The number of carbonyl (C=O) groups excluding carboxylic acids is 2. The minimum atomic E-state index is -0.783. The summed E-state index contributed by atoms with van der Waals surface area (Å²) in [6.45, 7) is 15.6. The van der Waals surface area contributed by atoms with E-state index in [4.69, 9.17) is 29.8 Å². The first-order chi connectivity index (χ1) is 22.7. The molecule has 0 amide bonds. The highest BCUT2D eigenvalue weighted by Crippen LogP contribution is 2.37. The SMILES string of the molecule is CCC(CC)(CN)Oc1ccc2cc(-c3nn(C(=O)OC(C)(C)C)c4ccc(OCc5ccccc5)cc34)n(C(=O)OC(C)(C)C)c2c1. The molecule has 48 heavy (non-hydrogen) atoms. The number of hydrogen-bond acceptors (Lipinski definition) is 8. The number of aromatic nitrogens is 3. The first-order valence-electron chi connectivity index (χ1n) is 16.4. The maximum Gasteiger partial charge on any atom is 0.435 e. The molecular formula is C38H46N4O6. The second-order valence-corrected chi connectivity index (χ2v) is 14.0. The van der Waals surface area contributed by atoms with E-state index in [0.717, 1.165) is 23.8 Å². The van der Waals surface area contributed by atoms with Crippen LogP contribution in [-0.2, 0) is 16.1 Å². The van der Waals surface area contributed by atoms with E-state index >= 15 is 0 Å². The van der Waals surface area contributed by atoms with Gasteiger partial charge in [-0.05, 0) is 96.3 Å². The van der Waals surface area contributed by atoms with Crippen molar-refractivity contribution in [1.29, 1.82) is 0 Å². The molecule has 0 spiro atoms. The molecule has 2 heterocycles. The van der Waals surface area contributed by atoms with Crippen LogP contribution in [0.2, 0.25) is 0 Å². The molecule has 2 aromatic heterocycles. The lowest BCUT2D eigenvalue weighted by atomic mass is 9.97. The molecule has 0 unspecified atom stereocenters. The molecule has 10 heteroatoms. The van der Waals surface area contributed by atoms with Crippen molar-refractivity contribution in [3.63, 3.8) is 0 Å². The molecule has 0 fully saturated rings. The van der Waals surface area contributed by atoms with Crippen LogP contribution in [0.1, 0.15) is 73.8 Å². The Labute approximate surface area is 281 Å². The number of ether oxygens (including phenoxy) is 4. The molecule has 5 rings (SSSR count). The number of nitrogens with two attached hydrogens (primary N) is 1. The minimum Gasteiger partial charge on any atom is -0.489 e. The van der Waals surface area contributed by atoms with E-state index in [9.17, 15) is 9.59 Å². The molecule has 0 aliphatic heterocycles. The summed E-state index contributed by atoms with van der Waals surface area (Å²) in [7, 11) is 0. The molecule has 2 N–H and O–H groups in total. The number of fused-ring (bicyclic) bond motifs is 2. The molecule has 5 aromatic rings. The number of hydrogen-bond donors (Lipinski definition) is 1. The van der Waals surface area contributed by atoms with Gasteiger partial charge in [0.2, 0.25) is 0 Å². The molecule has 3 aromatic carbocycles. The fourth-order valence-electron chi connectivity index (χ4n) is 5.46. The molecule has 0 aliphatic rings. The molecule has 0 saturated carbocycles. The smallest absolute Gasteiger partial charge is 0.435 e. The van der Waals surface area contributed by atoms with Gasteiger partial charge in [-0.15, -0.1) is 0 Å². The maximum absolute atomic E-state index is 14.0. The van der Waals surface area contributed by atoms with Gasteiger partial charge in [0.25, 0.3) is 0 Å². The van der Waals surface area contributed by atoms with Gasteiger partial charge in [0, 0.05) is 23.4 Å². The number of rotatable bonds is 9. The molecule has 254 valence electrons. The highest BCUT2D eigenvalue weighted by molar-refractivity contribution is 6.03. The van der Waals surface area contributed by atoms with E-state index in [2.05, 4.69) is 0 Å².